The second-order valence-corrected chi connectivity index (χ2v) is 8.75. The van der Waals surface area contributed by atoms with Crippen LogP contribution in [0.2, 0.25) is 0 Å². The van der Waals surface area contributed by atoms with E-state index in [-0.39, 0.29) is 6.04 Å². The van der Waals surface area contributed by atoms with Crippen molar-refractivity contribution < 1.29 is 8.42 Å². The molecular formula is C19H25N3O2S. The van der Waals surface area contributed by atoms with Crippen LogP contribution < -0.4 is 4.90 Å². The SMILES string of the molecule is Cc1ccnc(N2CCN(C(C)c3ccc(S(C)(=O)=O)cc3)CC2)c1. The van der Waals surface area contributed by atoms with Crippen molar-refractivity contribution in [2.75, 3.05) is 37.3 Å². The lowest BCUT2D eigenvalue weighted by atomic mass is 10.1. The summed E-state index contributed by atoms with van der Waals surface area (Å²) in [7, 11) is -3.14. The minimum Gasteiger partial charge on any atom is -0.354 e. The summed E-state index contributed by atoms with van der Waals surface area (Å²) in [5.74, 6) is 1.05. The van der Waals surface area contributed by atoms with Crippen LogP contribution in [0.4, 0.5) is 5.82 Å². The number of benzene rings is 1. The Hall–Kier alpha value is -1.92. The quantitative estimate of drug-likeness (QED) is 0.840. The molecule has 1 aliphatic rings. The lowest BCUT2D eigenvalue weighted by molar-refractivity contribution is 0.198. The van der Waals surface area contributed by atoms with Gasteiger partial charge in [-0.05, 0) is 49.2 Å². The Morgan fingerprint density at radius 2 is 1.68 bits per heavy atom. The standard InChI is InChI=1S/C19H25N3O2S/c1-15-8-9-20-19(14-15)22-12-10-21(11-13-22)16(2)17-4-6-18(7-5-17)25(3,23)24/h4-9,14,16H,10-13H2,1-3H3. The summed E-state index contributed by atoms with van der Waals surface area (Å²) in [6.07, 6.45) is 3.10. The van der Waals surface area contributed by atoms with Crippen LogP contribution in [0.15, 0.2) is 47.5 Å². The molecule has 0 N–H and O–H groups in total. The number of hydrogen-bond donors (Lipinski definition) is 0. The van der Waals surface area contributed by atoms with Gasteiger partial charge in [0.15, 0.2) is 9.84 Å². The fourth-order valence-electron chi connectivity index (χ4n) is 3.24. The number of piperazine rings is 1. The van der Waals surface area contributed by atoms with Gasteiger partial charge in [0.2, 0.25) is 0 Å². The molecule has 0 bridgehead atoms. The Morgan fingerprint density at radius 3 is 2.24 bits per heavy atom. The van der Waals surface area contributed by atoms with Gasteiger partial charge in [-0.1, -0.05) is 12.1 Å². The maximum Gasteiger partial charge on any atom is 0.175 e. The van der Waals surface area contributed by atoms with Crippen LogP contribution in [-0.4, -0.2) is 50.7 Å². The van der Waals surface area contributed by atoms with Crippen LogP contribution in [0.5, 0.6) is 0 Å². The molecule has 1 atom stereocenters. The predicted molar refractivity (Wildman–Crippen MR) is 101 cm³/mol. The first-order valence-electron chi connectivity index (χ1n) is 8.56. The monoisotopic (exact) mass is 359 g/mol. The molecule has 134 valence electrons. The van der Waals surface area contributed by atoms with E-state index in [1.807, 2.05) is 24.4 Å². The fourth-order valence-corrected chi connectivity index (χ4v) is 3.87. The van der Waals surface area contributed by atoms with Gasteiger partial charge in [0.25, 0.3) is 0 Å². The van der Waals surface area contributed by atoms with Crippen molar-refractivity contribution in [3.05, 3.63) is 53.7 Å². The number of hydrogen-bond acceptors (Lipinski definition) is 5. The van der Waals surface area contributed by atoms with Crippen LogP contribution >= 0.6 is 0 Å². The molecule has 2 heterocycles. The zero-order chi connectivity index (χ0) is 18.0. The molecule has 0 radical (unpaired) electrons. The smallest absolute Gasteiger partial charge is 0.175 e. The molecular weight excluding hydrogens is 334 g/mol. The maximum atomic E-state index is 11.6. The van der Waals surface area contributed by atoms with Gasteiger partial charge in [-0.15, -0.1) is 0 Å². The van der Waals surface area contributed by atoms with E-state index in [4.69, 9.17) is 0 Å². The zero-order valence-electron chi connectivity index (χ0n) is 15.0. The molecule has 0 spiro atoms. The first-order chi connectivity index (χ1) is 11.8. The Kier molecular flexibility index (Phi) is 5.11. The van der Waals surface area contributed by atoms with Crippen LogP contribution in [0.1, 0.15) is 24.1 Å². The highest BCUT2D eigenvalue weighted by Crippen LogP contribution is 2.24. The van der Waals surface area contributed by atoms with Crippen molar-refractivity contribution in [1.29, 1.82) is 0 Å². The van der Waals surface area contributed by atoms with E-state index in [0.29, 0.717) is 4.90 Å². The Bertz CT molecular complexity index is 826. The first kappa shape index (κ1) is 17.9. The van der Waals surface area contributed by atoms with E-state index in [0.717, 1.165) is 37.6 Å². The minimum absolute atomic E-state index is 0.265. The van der Waals surface area contributed by atoms with Gasteiger partial charge < -0.3 is 4.90 Å². The van der Waals surface area contributed by atoms with Gasteiger partial charge >= 0.3 is 0 Å². The Morgan fingerprint density at radius 1 is 1.04 bits per heavy atom. The summed E-state index contributed by atoms with van der Waals surface area (Å²) in [5, 5.41) is 0. The molecule has 0 amide bonds. The van der Waals surface area contributed by atoms with E-state index in [9.17, 15) is 8.42 Å². The third kappa shape index (κ3) is 4.19. The molecule has 5 nitrogen and oxygen atoms in total. The third-order valence-electron chi connectivity index (χ3n) is 4.88. The number of nitrogens with zero attached hydrogens (tertiary/aromatic N) is 3. The first-order valence-corrected chi connectivity index (χ1v) is 10.5. The molecule has 1 saturated heterocycles. The van der Waals surface area contributed by atoms with E-state index >= 15 is 0 Å². The number of aryl methyl sites for hydroxylation is 1. The van der Waals surface area contributed by atoms with Gasteiger partial charge in [-0.2, -0.15) is 0 Å². The molecule has 1 aromatic carbocycles. The van der Waals surface area contributed by atoms with E-state index < -0.39 is 9.84 Å². The normalized spacial score (nSPS) is 17.5. The number of pyridine rings is 1. The third-order valence-corrected chi connectivity index (χ3v) is 6.01. The average Bonchev–Trinajstić information content (AvgIpc) is 2.61. The van der Waals surface area contributed by atoms with Gasteiger partial charge in [0.1, 0.15) is 5.82 Å². The van der Waals surface area contributed by atoms with Crippen molar-refractivity contribution in [3.63, 3.8) is 0 Å². The molecule has 0 saturated carbocycles. The molecule has 2 aromatic rings. The van der Waals surface area contributed by atoms with E-state index in [2.05, 4.69) is 34.7 Å². The topological polar surface area (TPSA) is 53.5 Å². The molecule has 1 fully saturated rings. The summed E-state index contributed by atoms with van der Waals surface area (Å²) >= 11 is 0. The van der Waals surface area contributed by atoms with Gasteiger partial charge in [-0.3, -0.25) is 4.90 Å². The zero-order valence-corrected chi connectivity index (χ0v) is 15.8. The van der Waals surface area contributed by atoms with Crippen LogP contribution in [0.3, 0.4) is 0 Å². The van der Waals surface area contributed by atoms with Crippen molar-refractivity contribution >= 4 is 15.7 Å². The van der Waals surface area contributed by atoms with Crippen LogP contribution in [0, 0.1) is 6.92 Å². The Balaban J connectivity index is 1.64. The second kappa shape index (κ2) is 7.14. The molecule has 1 unspecified atom stereocenters. The molecule has 0 aliphatic carbocycles. The number of sulfone groups is 1. The minimum atomic E-state index is -3.14. The highest BCUT2D eigenvalue weighted by atomic mass is 32.2. The summed E-state index contributed by atoms with van der Waals surface area (Å²) in [5.41, 5.74) is 2.38. The van der Waals surface area contributed by atoms with E-state index in [1.54, 1.807) is 12.1 Å². The van der Waals surface area contributed by atoms with Gasteiger partial charge in [0, 0.05) is 44.7 Å². The lowest BCUT2D eigenvalue weighted by Gasteiger charge is -2.38. The maximum absolute atomic E-state index is 11.6. The molecule has 1 aliphatic heterocycles. The number of aromatic nitrogens is 1. The summed E-state index contributed by atoms with van der Waals surface area (Å²) in [6.45, 7) is 8.08. The molecule has 6 heteroatoms. The van der Waals surface area contributed by atoms with Gasteiger partial charge in [0.05, 0.1) is 4.90 Å². The van der Waals surface area contributed by atoms with Crippen LogP contribution in [-0.2, 0) is 9.84 Å². The van der Waals surface area contributed by atoms with Crippen molar-refractivity contribution in [2.45, 2.75) is 24.8 Å². The summed E-state index contributed by atoms with van der Waals surface area (Å²) < 4.78 is 23.2. The largest absolute Gasteiger partial charge is 0.354 e. The Labute approximate surface area is 150 Å². The van der Waals surface area contributed by atoms with Crippen molar-refractivity contribution in [1.82, 2.24) is 9.88 Å². The highest BCUT2D eigenvalue weighted by molar-refractivity contribution is 7.90. The lowest BCUT2D eigenvalue weighted by Crippen LogP contribution is -2.47. The summed E-state index contributed by atoms with van der Waals surface area (Å²) in [4.78, 5) is 9.60. The molecule has 1 aromatic heterocycles. The number of rotatable bonds is 4. The highest BCUT2D eigenvalue weighted by Gasteiger charge is 2.23. The average molecular weight is 359 g/mol. The predicted octanol–water partition coefficient (Wildman–Crippen LogP) is 2.68. The second-order valence-electron chi connectivity index (χ2n) is 6.73. The van der Waals surface area contributed by atoms with E-state index in [1.165, 1.54) is 11.8 Å². The van der Waals surface area contributed by atoms with Crippen molar-refractivity contribution in [3.8, 4) is 0 Å². The molecule has 3 rings (SSSR count). The molecule has 25 heavy (non-hydrogen) atoms. The fraction of sp³-hybridized carbons (Fsp3) is 0.421. The van der Waals surface area contributed by atoms with Crippen molar-refractivity contribution in [2.24, 2.45) is 0 Å². The van der Waals surface area contributed by atoms with Crippen LogP contribution in [0.25, 0.3) is 0 Å². The number of anilines is 1. The summed E-state index contributed by atoms with van der Waals surface area (Å²) in [6, 6.07) is 11.7. The van der Waals surface area contributed by atoms with Gasteiger partial charge in [-0.25, -0.2) is 13.4 Å².